The number of hydrogen-bond acceptors (Lipinski definition) is 4. The van der Waals surface area contributed by atoms with Crippen LogP contribution in [-0.2, 0) is 9.59 Å². The SMILES string of the molecule is CC(C)(C(=O)O)C(=NNC(N)=O)C(=O)O. The Hall–Kier alpha value is -2.12. The number of rotatable bonds is 4. The van der Waals surface area contributed by atoms with Gasteiger partial charge in [-0.3, -0.25) is 4.79 Å². The van der Waals surface area contributed by atoms with E-state index in [9.17, 15) is 14.4 Å². The quantitative estimate of drug-likeness (QED) is 0.360. The lowest BCUT2D eigenvalue weighted by Gasteiger charge is -2.17. The van der Waals surface area contributed by atoms with Crippen LogP contribution in [0.2, 0.25) is 0 Å². The lowest BCUT2D eigenvalue weighted by Crippen LogP contribution is -2.40. The molecule has 0 aliphatic carbocycles. The molecule has 15 heavy (non-hydrogen) atoms. The maximum atomic E-state index is 10.7. The minimum Gasteiger partial charge on any atom is -0.481 e. The van der Waals surface area contributed by atoms with Crippen LogP contribution in [0, 0.1) is 5.41 Å². The van der Waals surface area contributed by atoms with E-state index in [0.717, 1.165) is 13.8 Å². The lowest BCUT2D eigenvalue weighted by molar-refractivity contribution is -0.144. The molecule has 84 valence electrons. The maximum Gasteiger partial charge on any atom is 0.353 e. The number of carboxylic acid groups (broad SMARTS) is 2. The molecule has 0 fully saturated rings. The van der Waals surface area contributed by atoms with Crippen molar-refractivity contribution in [3.05, 3.63) is 0 Å². The normalized spacial score (nSPS) is 12.0. The highest BCUT2D eigenvalue weighted by Gasteiger charge is 2.38. The molecule has 0 heterocycles. The second-order valence-electron chi connectivity index (χ2n) is 3.17. The fourth-order valence-electron chi connectivity index (χ4n) is 0.667. The molecule has 8 heteroatoms. The zero-order chi connectivity index (χ0) is 12.2. The Bertz CT molecular complexity index is 334. The molecule has 8 nitrogen and oxygen atoms in total. The summed E-state index contributed by atoms with van der Waals surface area (Å²) in [5.41, 5.74) is 3.89. The molecule has 0 aromatic heterocycles. The van der Waals surface area contributed by atoms with Gasteiger partial charge in [-0.25, -0.2) is 15.0 Å². The van der Waals surface area contributed by atoms with Gasteiger partial charge in [-0.2, -0.15) is 5.10 Å². The Balaban J connectivity index is 5.15. The number of nitrogens with zero attached hydrogens (tertiary/aromatic N) is 1. The number of nitrogens with one attached hydrogen (secondary N) is 1. The van der Waals surface area contributed by atoms with Crippen molar-refractivity contribution in [3.8, 4) is 0 Å². The molecule has 0 bridgehead atoms. The van der Waals surface area contributed by atoms with Crippen molar-refractivity contribution < 1.29 is 24.6 Å². The van der Waals surface area contributed by atoms with E-state index in [1.54, 1.807) is 5.43 Å². The number of amides is 2. The van der Waals surface area contributed by atoms with Gasteiger partial charge in [0.25, 0.3) is 0 Å². The summed E-state index contributed by atoms with van der Waals surface area (Å²) in [7, 11) is 0. The van der Waals surface area contributed by atoms with Crippen LogP contribution in [0.5, 0.6) is 0 Å². The second-order valence-corrected chi connectivity index (χ2v) is 3.17. The van der Waals surface area contributed by atoms with Crippen LogP contribution in [0.3, 0.4) is 0 Å². The summed E-state index contributed by atoms with van der Waals surface area (Å²) in [6.45, 7) is 2.29. The van der Waals surface area contributed by atoms with Gasteiger partial charge in [0.2, 0.25) is 0 Å². The largest absolute Gasteiger partial charge is 0.481 e. The van der Waals surface area contributed by atoms with Crippen LogP contribution in [0.4, 0.5) is 4.79 Å². The number of urea groups is 1. The predicted molar refractivity (Wildman–Crippen MR) is 49.2 cm³/mol. The van der Waals surface area contributed by atoms with Crippen molar-refractivity contribution in [3.63, 3.8) is 0 Å². The molecular formula is C7H11N3O5. The number of carbonyl (C=O) groups is 3. The fraction of sp³-hybridized carbons (Fsp3) is 0.429. The van der Waals surface area contributed by atoms with Crippen LogP contribution in [0.25, 0.3) is 0 Å². The van der Waals surface area contributed by atoms with Crippen LogP contribution < -0.4 is 11.2 Å². The Kier molecular flexibility index (Phi) is 3.78. The zero-order valence-electron chi connectivity index (χ0n) is 8.14. The number of carboxylic acids is 2. The average molecular weight is 217 g/mol. The Morgan fingerprint density at radius 1 is 1.27 bits per heavy atom. The molecule has 0 aliphatic heterocycles. The second kappa shape index (κ2) is 4.40. The first kappa shape index (κ1) is 12.9. The standard InChI is InChI=1S/C7H11N3O5/c1-7(2,5(13)14)3(4(11)12)9-10-6(8)15/h1-2H3,(H,11,12)(H,13,14)(H3,8,10,15). The summed E-state index contributed by atoms with van der Waals surface area (Å²) in [6.07, 6.45) is 0. The van der Waals surface area contributed by atoms with Crippen molar-refractivity contribution in [2.75, 3.05) is 0 Å². The average Bonchev–Trinajstić information content (AvgIpc) is 2.01. The van der Waals surface area contributed by atoms with Gasteiger partial charge >= 0.3 is 18.0 Å². The lowest BCUT2D eigenvalue weighted by atomic mass is 9.87. The van der Waals surface area contributed by atoms with Gasteiger partial charge in [-0.05, 0) is 13.8 Å². The van der Waals surface area contributed by atoms with Gasteiger partial charge in [-0.15, -0.1) is 0 Å². The van der Waals surface area contributed by atoms with E-state index in [-0.39, 0.29) is 0 Å². The Morgan fingerprint density at radius 3 is 2.00 bits per heavy atom. The molecule has 0 radical (unpaired) electrons. The van der Waals surface area contributed by atoms with Crippen molar-refractivity contribution in [2.24, 2.45) is 16.3 Å². The molecule has 0 unspecified atom stereocenters. The van der Waals surface area contributed by atoms with Gasteiger partial charge in [-0.1, -0.05) is 0 Å². The summed E-state index contributed by atoms with van der Waals surface area (Å²) in [6, 6.07) is -1.07. The minimum atomic E-state index is -1.73. The van der Waals surface area contributed by atoms with E-state index in [2.05, 4.69) is 10.8 Å². The van der Waals surface area contributed by atoms with Crippen LogP contribution in [-0.4, -0.2) is 33.9 Å². The minimum absolute atomic E-state index is 0.714. The van der Waals surface area contributed by atoms with Gasteiger partial charge in [0.1, 0.15) is 5.41 Å². The van der Waals surface area contributed by atoms with E-state index in [4.69, 9.17) is 10.2 Å². The molecule has 0 rings (SSSR count). The number of nitrogens with two attached hydrogens (primary N) is 1. The molecule has 0 aromatic carbocycles. The first-order valence-corrected chi connectivity index (χ1v) is 3.80. The Morgan fingerprint density at radius 2 is 1.73 bits per heavy atom. The summed E-state index contributed by atoms with van der Waals surface area (Å²) in [5, 5.41) is 20.5. The summed E-state index contributed by atoms with van der Waals surface area (Å²) < 4.78 is 0. The molecule has 0 aliphatic rings. The highest BCUT2D eigenvalue weighted by atomic mass is 16.4. The highest BCUT2D eigenvalue weighted by Crippen LogP contribution is 2.17. The third kappa shape index (κ3) is 3.25. The highest BCUT2D eigenvalue weighted by molar-refractivity contribution is 6.41. The van der Waals surface area contributed by atoms with E-state index in [1.165, 1.54) is 0 Å². The first-order chi connectivity index (χ1) is 6.69. The molecule has 2 amide bonds. The van der Waals surface area contributed by atoms with E-state index < -0.39 is 29.1 Å². The topological polar surface area (TPSA) is 142 Å². The summed E-state index contributed by atoms with van der Waals surface area (Å²) >= 11 is 0. The third-order valence-electron chi connectivity index (χ3n) is 1.61. The fourth-order valence-corrected chi connectivity index (χ4v) is 0.667. The van der Waals surface area contributed by atoms with Gasteiger partial charge in [0.05, 0.1) is 0 Å². The first-order valence-electron chi connectivity index (χ1n) is 3.80. The van der Waals surface area contributed by atoms with E-state index in [1.807, 2.05) is 0 Å². The molecule has 0 aromatic rings. The number of primary amides is 1. The molecule has 5 N–H and O–H groups in total. The number of aliphatic carboxylic acids is 2. The molecule has 0 atom stereocenters. The summed E-state index contributed by atoms with van der Waals surface area (Å²) in [5.74, 6) is -2.92. The maximum absolute atomic E-state index is 10.7. The number of hydrogen-bond donors (Lipinski definition) is 4. The van der Waals surface area contributed by atoms with Gasteiger partial charge < -0.3 is 15.9 Å². The van der Waals surface area contributed by atoms with E-state index >= 15 is 0 Å². The van der Waals surface area contributed by atoms with Crippen LogP contribution >= 0.6 is 0 Å². The van der Waals surface area contributed by atoms with Crippen molar-refractivity contribution >= 4 is 23.7 Å². The zero-order valence-corrected chi connectivity index (χ0v) is 8.14. The van der Waals surface area contributed by atoms with Gasteiger partial charge in [0.15, 0.2) is 5.71 Å². The monoisotopic (exact) mass is 217 g/mol. The number of hydrazone groups is 1. The molecule has 0 spiro atoms. The van der Waals surface area contributed by atoms with Crippen LogP contribution in [0.15, 0.2) is 5.10 Å². The van der Waals surface area contributed by atoms with Crippen molar-refractivity contribution in [2.45, 2.75) is 13.8 Å². The van der Waals surface area contributed by atoms with Crippen molar-refractivity contribution in [1.29, 1.82) is 0 Å². The van der Waals surface area contributed by atoms with Gasteiger partial charge in [0, 0.05) is 0 Å². The smallest absolute Gasteiger partial charge is 0.353 e. The molecule has 0 saturated carbocycles. The van der Waals surface area contributed by atoms with Crippen LogP contribution in [0.1, 0.15) is 13.8 Å². The number of carbonyl (C=O) groups excluding carboxylic acids is 1. The molecule has 0 saturated heterocycles. The molecular weight excluding hydrogens is 206 g/mol. The third-order valence-corrected chi connectivity index (χ3v) is 1.61. The Labute approximate surface area is 84.8 Å². The predicted octanol–water partition coefficient (Wildman–Crippen LogP) is -0.794. The van der Waals surface area contributed by atoms with Crippen molar-refractivity contribution in [1.82, 2.24) is 5.43 Å². The van der Waals surface area contributed by atoms with E-state index in [0.29, 0.717) is 0 Å². The summed E-state index contributed by atoms with van der Waals surface area (Å²) in [4.78, 5) is 31.7.